The fourth-order valence-electron chi connectivity index (χ4n) is 4.34. The van der Waals surface area contributed by atoms with Gasteiger partial charge < -0.3 is 47.6 Å². The molecule has 14 nitrogen and oxygen atoms in total. The number of H-pyrrole nitrogens is 2. The zero-order valence-corrected chi connectivity index (χ0v) is 22.8. The summed E-state index contributed by atoms with van der Waals surface area (Å²) >= 11 is 0. The molecule has 0 spiro atoms. The molecule has 2 heterocycles. The molecule has 41 heavy (non-hydrogen) atoms. The Labute approximate surface area is 236 Å². The summed E-state index contributed by atoms with van der Waals surface area (Å²) in [6, 6.07) is 2.58. The average Bonchev–Trinajstić information content (AvgIpc) is 3.61. The van der Waals surface area contributed by atoms with Crippen molar-refractivity contribution in [2.75, 3.05) is 6.54 Å². The number of amides is 3. The van der Waals surface area contributed by atoms with Gasteiger partial charge in [-0.2, -0.15) is 0 Å². The number of aliphatic hydroxyl groups excluding tert-OH is 1. The molecule has 0 aliphatic carbocycles. The first-order chi connectivity index (χ1) is 19.6. The Morgan fingerprint density at radius 3 is 2.24 bits per heavy atom. The monoisotopic (exact) mass is 570 g/mol. The van der Waals surface area contributed by atoms with E-state index in [2.05, 4.69) is 30.9 Å². The van der Waals surface area contributed by atoms with E-state index < -0.39 is 54.0 Å². The first-order valence-corrected chi connectivity index (χ1v) is 13.4. The lowest BCUT2D eigenvalue weighted by molar-refractivity contribution is -0.142. The number of aromatic amines is 2. The molecule has 0 saturated carbocycles. The third-order valence-electron chi connectivity index (χ3n) is 6.73. The molecule has 0 saturated heterocycles. The van der Waals surface area contributed by atoms with Crippen molar-refractivity contribution in [3.63, 3.8) is 0 Å². The lowest BCUT2D eigenvalue weighted by atomic mass is 10.0. The highest BCUT2D eigenvalue weighted by Crippen LogP contribution is 2.19. The van der Waals surface area contributed by atoms with Crippen LogP contribution in [0, 0.1) is 0 Å². The topological polar surface area (TPSA) is 241 Å². The van der Waals surface area contributed by atoms with Gasteiger partial charge in [0.15, 0.2) is 0 Å². The number of aliphatic hydroxyl groups is 1. The summed E-state index contributed by atoms with van der Waals surface area (Å²) in [5.41, 5.74) is 13.4. The summed E-state index contributed by atoms with van der Waals surface area (Å²) in [4.78, 5) is 61.4. The highest BCUT2D eigenvalue weighted by atomic mass is 16.4. The summed E-state index contributed by atoms with van der Waals surface area (Å²) in [5, 5.41) is 28.0. The predicted molar refractivity (Wildman–Crippen MR) is 150 cm³/mol. The van der Waals surface area contributed by atoms with Crippen LogP contribution in [0.15, 0.2) is 43.0 Å². The first-order valence-electron chi connectivity index (χ1n) is 13.4. The Balaban J connectivity index is 1.87. The zero-order valence-electron chi connectivity index (χ0n) is 22.8. The van der Waals surface area contributed by atoms with Crippen LogP contribution >= 0.6 is 0 Å². The van der Waals surface area contributed by atoms with E-state index in [4.69, 9.17) is 11.5 Å². The van der Waals surface area contributed by atoms with Crippen molar-refractivity contribution in [1.82, 2.24) is 30.9 Å². The molecule has 222 valence electrons. The number of nitrogens with zero attached hydrogens (tertiary/aromatic N) is 1. The SMILES string of the molecule is CC(O)C(N)C(=O)NC(Cc1cnc[nH]1)C(=O)NC(Cc1c[nH]c2ccccc12)C(=O)NC(CCCCN)C(=O)O. The highest BCUT2D eigenvalue weighted by Gasteiger charge is 2.32. The maximum atomic E-state index is 13.6. The maximum absolute atomic E-state index is 13.6. The number of benzene rings is 1. The molecule has 0 bridgehead atoms. The minimum atomic E-state index is -1.29. The second-order valence-electron chi connectivity index (χ2n) is 9.92. The molecule has 0 fully saturated rings. The van der Waals surface area contributed by atoms with Gasteiger partial charge in [-0.3, -0.25) is 14.4 Å². The van der Waals surface area contributed by atoms with Gasteiger partial charge in [-0.15, -0.1) is 0 Å². The third-order valence-corrected chi connectivity index (χ3v) is 6.73. The summed E-state index contributed by atoms with van der Waals surface area (Å²) < 4.78 is 0. The summed E-state index contributed by atoms with van der Waals surface area (Å²) in [6.07, 6.45) is 4.73. The van der Waals surface area contributed by atoms with Gasteiger partial charge in [0.2, 0.25) is 17.7 Å². The van der Waals surface area contributed by atoms with Crippen molar-refractivity contribution >= 4 is 34.6 Å². The standard InChI is InChI=1S/C27H38N8O6/c1-15(36)23(29)26(39)35-22(11-17-13-30-14-32-17)25(38)34-21(10-16-12-31-19-7-3-2-6-18(16)19)24(37)33-20(27(40)41)8-4-5-9-28/h2-3,6-7,12-15,20-23,31,36H,4-5,8-11,28-29H2,1H3,(H,30,32)(H,33,37)(H,34,38)(H,35,39)(H,40,41). The molecule has 2 aromatic heterocycles. The number of aromatic nitrogens is 3. The van der Waals surface area contributed by atoms with Crippen LogP contribution in [0.4, 0.5) is 0 Å². The van der Waals surface area contributed by atoms with Gasteiger partial charge in [-0.1, -0.05) is 18.2 Å². The van der Waals surface area contributed by atoms with Gasteiger partial charge in [0.1, 0.15) is 24.2 Å². The highest BCUT2D eigenvalue weighted by molar-refractivity contribution is 5.95. The molecule has 5 atom stereocenters. The van der Waals surface area contributed by atoms with E-state index in [1.54, 1.807) is 6.20 Å². The number of hydrogen-bond donors (Lipinski definition) is 9. The number of carboxylic acid groups (broad SMARTS) is 1. The van der Waals surface area contributed by atoms with E-state index in [0.29, 0.717) is 25.1 Å². The van der Waals surface area contributed by atoms with Gasteiger partial charge in [-0.25, -0.2) is 9.78 Å². The molecule has 3 amide bonds. The second-order valence-corrected chi connectivity index (χ2v) is 9.92. The van der Waals surface area contributed by atoms with Gasteiger partial charge in [-0.05, 0) is 44.4 Å². The van der Waals surface area contributed by atoms with E-state index in [0.717, 1.165) is 16.5 Å². The fourth-order valence-corrected chi connectivity index (χ4v) is 4.34. The molecular formula is C27H38N8O6. The number of rotatable bonds is 16. The van der Waals surface area contributed by atoms with E-state index in [1.807, 2.05) is 24.3 Å². The number of aliphatic carboxylic acids is 1. The molecular weight excluding hydrogens is 532 g/mol. The molecule has 1 aromatic carbocycles. The van der Waals surface area contributed by atoms with Gasteiger partial charge >= 0.3 is 5.97 Å². The largest absolute Gasteiger partial charge is 0.480 e. The van der Waals surface area contributed by atoms with Crippen LogP contribution in [0.3, 0.4) is 0 Å². The number of carboxylic acids is 1. The van der Waals surface area contributed by atoms with Crippen molar-refractivity contribution in [3.8, 4) is 0 Å². The Bertz CT molecular complexity index is 1310. The average molecular weight is 571 g/mol. The van der Waals surface area contributed by atoms with Crippen LogP contribution < -0.4 is 27.4 Å². The van der Waals surface area contributed by atoms with Crippen molar-refractivity contribution in [3.05, 3.63) is 54.2 Å². The number of hydrogen-bond acceptors (Lipinski definition) is 8. The fraction of sp³-hybridized carbons (Fsp3) is 0.444. The molecule has 11 N–H and O–H groups in total. The summed E-state index contributed by atoms with van der Waals surface area (Å²) in [5.74, 6) is -3.37. The normalized spacial score (nSPS) is 14.9. The molecule has 5 unspecified atom stereocenters. The van der Waals surface area contributed by atoms with E-state index in [1.165, 1.54) is 19.4 Å². The van der Waals surface area contributed by atoms with Crippen molar-refractivity contribution < 1.29 is 29.4 Å². The van der Waals surface area contributed by atoms with Crippen LogP contribution in [0.1, 0.15) is 37.4 Å². The quantitative estimate of drug-likeness (QED) is 0.0963. The van der Waals surface area contributed by atoms with Gasteiger partial charge in [0.05, 0.1) is 12.4 Å². The number of imidazole rings is 1. The van der Waals surface area contributed by atoms with Crippen LogP contribution in [0.5, 0.6) is 0 Å². The molecule has 0 radical (unpaired) electrons. The van der Waals surface area contributed by atoms with E-state index in [-0.39, 0.29) is 19.3 Å². The lowest BCUT2D eigenvalue weighted by Crippen LogP contribution is -2.59. The maximum Gasteiger partial charge on any atom is 0.326 e. The Kier molecular flexibility index (Phi) is 11.4. The van der Waals surface area contributed by atoms with Crippen LogP contribution in [0.2, 0.25) is 0 Å². The van der Waals surface area contributed by atoms with Crippen molar-refractivity contribution in [2.45, 2.75) is 69.3 Å². The molecule has 0 aliphatic heterocycles. The number of fused-ring (bicyclic) bond motifs is 1. The number of nitrogens with one attached hydrogen (secondary N) is 5. The Hall–Kier alpha value is -4.27. The molecule has 0 aliphatic rings. The minimum Gasteiger partial charge on any atom is -0.480 e. The number of carbonyl (C=O) groups is 4. The number of para-hydroxylation sites is 1. The number of unbranched alkanes of at least 4 members (excludes halogenated alkanes) is 1. The molecule has 3 rings (SSSR count). The Morgan fingerprint density at radius 1 is 0.951 bits per heavy atom. The van der Waals surface area contributed by atoms with Gasteiger partial charge in [0.25, 0.3) is 0 Å². The molecule has 3 aromatic rings. The number of nitrogens with two attached hydrogens (primary N) is 2. The third kappa shape index (κ3) is 8.86. The predicted octanol–water partition coefficient (Wildman–Crippen LogP) is -0.948. The van der Waals surface area contributed by atoms with E-state index in [9.17, 15) is 29.4 Å². The van der Waals surface area contributed by atoms with Gasteiger partial charge in [0, 0.05) is 41.8 Å². The van der Waals surface area contributed by atoms with Crippen LogP contribution in [-0.4, -0.2) is 85.7 Å². The smallest absolute Gasteiger partial charge is 0.326 e. The Morgan fingerprint density at radius 2 is 1.61 bits per heavy atom. The zero-order chi connectivity index (χ0) is 29.9. The summed E-state index contributed by atoms with van der Waals surface area (Å²) in [6.45, 7) is 1.74. The summed E-state index contributed by atoms with van der Waals surface area (Å²) in [7, 11) is 0. The number of carbonyl (C=O) groups excluding carboxylic acids is 3. The van der Waals surface area contributed by atoms with Crippen LogP contribution in [-0.2, 0) is 32.0 Å². The molecule has 14 heteroatoms. The van der Waals surface area contributed by atoms with Crippen LogP contribution in [0.25, 0.3) is 10.9 Å². The van der Waals surface area contributed by atoms with E-state index >= 15 is 0 Å². The van der Waals surface area contributed by atoms with Crippen molar-refractivity contribution in [2.24, 2.45) is 11.5 Å². The lowest BCUT2D eigenvalue weighted by Gasteiger charge is -2.25. The first kappa shape index (κ1) is 31.3. The van der Waals surface area contributed by atoms with Crippen molar-refractivity contribution in [1.29, 1.82) is 0 Å². The second kappa shape index (κ2) is 14.9. The minimum absolute atomic E-state index is 0.0115.